The van der Waals surface area contributed by atoms with Gasteiger partial charge in [0.25, 0.3) is 0 Å². The minimum atomic E-state index is 0.706. The van der Waals surface area contributed by atoms with E-state index in [0.29, 0.717) is 6.04 Å². The van der Waals surface area contributed by atoms with Crippen LogP contribution in [0.5, 0.6) is 0 Å². The summed E-state index contributed by atoms with van der Waals surface area (Å²) in [5.41, 5.74) is 1.05. The van der Waals surface area contributed by atoms with E-state index in [4.69, 9.17) is 4.42 Å². The molecule has 0 amide bonds. The molecule has 90 valence electrons. The SMILES string of the molecule is CCCN(Cc1cocn1)C1CCNCC1. The van der Waals surface area contributed by atoms with Gasteiger partial charge in [0.1, 0.15) is 6.26 Å². The molecule has 1 aromatic heterocycles. The third-order valence-corrected chi connectivity index (χ3v) is 3.18. The summed E-state index contributed by atoms with van der Waals surface area (Å²) < 4.78 is 5.03. The first-order chi connectivity index (χ1) is 7.90. The first-order valence-corrected chi connectivity index (χ1v) is 6.22. The van der Waals surface area contributed by atoms with Crippen LogP contribution in [0.1, 0.15) is 31.9 Å². The lowest BCUT2D eigenvalue weighted by molar-refractivity contribution is 0.152. The molecule has 1 aromatic rings. The number of nitrogens with zero attached hydrogens (tertiary/aromatic N) is 2. The van der Waals surface area contributed by atoms with Gasteiger partial charge in [0.15, 0.2) is 6.39 Å². The molecular weight excluding hydrogens is 202 g/mol. The third-order valence-electron chi connectivity index (χ3n) is 3.18. The molecule has 1 fully saturated rings. The first kappa shape index (κ1) is 11.6. The van der Waals surface area contributed by atoms with Crippen molar-refractivity contribution in [2.24, 2.45) is 0 Å². The van der Waals surface area contributed by atoms with Crippen LogP contribution in [0, 0.1) is 0 Å². The normalized spacial score (nSPS) is 18.1. The predicted octanol–water partition coefficient (Wildman–Crippen LogP) is 1.64. The Balaban J connectivity index is 1.92. The van der Waals surface area contributed by atoms with Gasteiger partial charge in [-0.1, -0.05) is 6.92 Å². The number of hydrogen-bond acceptors (Lipinski definition) is 4. The molecule has 1 aliphatic heterocycles. The molecule has 0 radical (unpaired) electrons. The van der Waals surface area contributed by atoms with Gasteiger partial charge in [-0.3, -0.25) is 4.90 Å². The van der Waals surface area contributed by atoms with Gasteiger partial charge < -0.3 is 9.73 Å². The molecule has 4 nitrogen and oxygen atoms in total. The van der Waals surface area contributed by atoms with Crippen molar-refractivity contribution in [1.29, 1.82) is 0 Å². The lowest BCUT2D eigenvalue weighted by Gasteiger charge is -2.33. The standard InChI is InChI=1S/C12H21N3O/c1-2-7-15(8-11-9-16-10-14-11)12-3-5-13-6-4-12/h9-10,12-13H,2-8H2,1H3. The number of oxazole rings is 1. The number of nitrogens with one attached hydrogen (secondary N) is 1. The maximum absolute atomic E-state index is 5.03. The molecular formula is C12H21N3O. The van der Waals surface area contributed by atoms with E-state index in [0.717, 1.165) is 31.9 Å². The minimum Gasteiger partial charge on any atom is -0.451 e. The molecule has 1 aliphatic rings. The summed E-state index contributed by atoms with van der Waals surface area (Å²) in [4.78, 5) is 6.75. The molecule has 4 heteroatoms. The van der Waals surface area contributed by atoms with Crippen molar-refractivity contribution >= 4 is 0 Å². The van der Waals surface area contributed by atoms with Crippen LogP contribution in [0.15, 0.2) is 17.1 Å². The summed E-state index contributed by atoms with van der Waals surface area (Å²) in [5.74, 6) is 0. The van der Waals surface area contributed by atoms with Gasteiger partial charge >= 0.3 is 0 Å². The molecule has 0 aliphatic carbocycles. The number of hydrogen-bond donors (Lipinski definition) is 1. The van der Waals surface area contributed by atoms with E-state index in [9.17, 15) is 0 Å². The number of aromatic nitrogens is 1. The van der Waals surface area contributed by atoms with Gasteiger partial charge in [0, 0.05) is 12.6 Å². The van der Waals surface area contributed by atoms with Gasteiger partial charge in [-0.15, -0.1) is 0 Å². The maximum atomic E-state index is 5.03. The van der Waals surface area contributed by atoms with Crippen molar-refractivity contribution < 1.29 is 4.42 Å². The van der Waals surface area contributed by atoms with Crippen LogP contribution < -0.4 is 5.32 Å². The maximum Gasteiger partial charge on any atom is 0.180 e. The average Bonchev–Trinajstić information content (AvgIpc) is 2.83. The Hall–Kier alpha value is -0.870. The summed E-state index contributed by atoms with van der Waals surface area (Å²) in [5, 5.41) is 3.41. The molecule has 16 heavy (non-hydrogen) atoms. The van der Waals surface area contributed by atoms with Crippen LogP contribution in [0.4, 0.5) is 0 Å². The topological polar surface area (TPSA) is 41.3 Å². The largest absolute Gasteiger partial charge is 0.451 e. The van der Waals surface area contributed by atoms with Crippen LogP contribution in [-0.4, -0.2) is 35.6 Å². The van der Waals surface area contributed by atoms with E-state index in [1.807, 2.05) is 0 Å². The highest BCUT2D eigenvalue weighted by atomic mass is 16.3. The van der Waals surface area contributed by atoms with E-state index in [1.54, 1.807) is 6.26 Å². The van der Waals surface area contributed by atoms with Gasteiger partial charge in [-0.25, -0.2) is 4.98 Å². The van der Waals surface area contributed by atoms with Gasteiger partial charge in [-0.2, -0.15) is 0 Å². The first-order valence-electron chi connectivity index (χ1n) is 6.22. The van der Waals surface area contributed by atoms with Crippen LogP contribution in [-0.2, 0) is 6.54 Å². The lowest BCUT2D eigenvalue weighted by atomic mass is 10.0. The zero-order chi connectivity index (χ0) is 11.2. The minimum absolute atomic E-state index is 0.706. The van der Waals surface area contributed by atoms with Crippen LogP contribution >= 0.6 is 0 Å². The van der Waals surface area contributed by atoms with Crippen molar-refractivity contribution in [3.8, 4) is 0 Å². The second-order valence-electron chi connectivity index (χ2n) is 4.43. The smallest absolute Gasteiger partial charge is 0.180 e. The zero-order valence-corrected chi connectivity index (χ0v) is 9.98. The van der Waals surface area contributed by atoms with Crippen LogP contribution in [0.2, 0.25) is 0 Å². The molecule has 0 unspecified atom stereocenters. The Bertz CT molecular complexity index is 280. The van der Waals surface area contributed by atoms with Gasteiger partial charge in [-0.05, 0) is 38.9 Å². The molecule has 0 aromatic carbocycles. The fraction of sp³-hybridized carbons (Fsp3) is 0.750. The Morgan fingerprint density at radius 3 is 2.94 bits per heavy atom. The molecule has 2 rings (SSSR count). The lowest BCUT2D eigenvalue weighted by Crippen LogP contribution is -2.43. The van der Waals surface area contributed by atoms with E-state index in [-0.39, 0.29) is 0 Å². The van der Waals surface area contributed by atoms with Crippen molar-refractivity contribution in [2.45, 2.75) is 38.8 Å². The average molecular weight is 223 g/mol. The summed E-state index contributed by atoms with van der Waals surface area (Å²) in [6.07, 6.45) is 6.96. The van der Waals surface area contributed by atoms with E-state index in [1.165, 1.54) is 25.7 Å². The van der Waals surface area contributed by atoms with Crippen molar-refractivity contribution in [1.82, 2.24) is 15.2 Å². The summed E-state index contributed by atoms with van der Waals surface area (Å²) in [6.45, 7) is 6.59. The van der Waals surface area contributed by atoms with Gasteiger partial charge in [0.2, 0.25) is 0 Å². The van der Waals surface area contributed by atoms with E-state index >= 15 is 0 Å². The Labute approximate surface area is 97.0 Å². The summed E-state index contributed by atoms with van der Waals surface area (Å²) in [6, 6.07) is 0.706. The fourth-order valence-electron chi connectivity index (χ4n) is 2.37. The van der Waals surface area contributed by atoms with Gasteiger partial charge in [0.05, 0.1) is 5.69 Å². The predicted molar refractivity (Wildman–Crippen MR) is 63.1 cm³/mol. The van der Waals surface area contributed by atoms with Crippen LogP contribution in [0.3, 0.4) is 0 Å². The molecule has 2 heterocycles. The van der Waals surface area contributed by atoms with Crippen molar-refractivity contribution in [3.05, 3.63) is 18.4 Å². The second-order valence-corrected chi connectivity index (χ2v) is 4.43. The molecule has 0 spiro atoms. The quantitative estimate of drug-likeness (QED) is 0.824. The molecule has 1 saturated heterocycles. The summed E-state index contributed by atoms with van der Waals surface area (Å²) in [7, 11) is 0. The highest BCUT2D eigenvalue weighted by Crippen LogP contribution is 2.15. The molecule has 0 saturated carbocycles. The van der Waals surface area contributed by atoms with Crippen molar-refractivity contribution in [2.75, 3.05) is 19.6 Å². The van der Waals surface area contributed by atoms with E-state index in [2.05, 4.69) is 22.1 Å². The summed E-state index contributed by atoms with van der Waals surface area (Å²) >= 11 is 0. The molecule has 0 atom stereocenters. The second kappa shape index (κ2) is 6.01. The zero-order valence-electron chi connectivity index (χ0n) is 9.98. The fourth-order valence-corrected chi connectivity index (χ4v) is 2.37. The molecule has 0 bridgehead atoms. The number of rotatable bonds is 5. The van der Waals surface area contributed by atoms with Crippen LogP contribution in [0.25, 0.3) is 0 Å². The van der Waals surface area contributed by atoms with E-state index < -0.39 is 0 Å². The Morgan fingerprint density at radius 2 is 2.31 bits per heavy atom. The monoisotopic (exact) mass is 223 g/mol. The molecule has 1 N–H and O–H groups in total. The number of piperidine rings is 1. The van der Waals surface area contributed by atoms with Crippen molar-refractivity contribution in [3.63, 3.8) is 0 Å². The highest BCUT2D eigenvalue weighted by molar-refractivity contribution is 4.92. The Kier molecular flexibility index (Phi) is 4.36. The highest BCUT2D eigenvalue weighted by Gasteiger charge is 2.20. The third kappa shape index (κ3) is 3.06. The Morgan fingerprint density at radius 1 is 1.50 bits per heavy atom.